The average molecular weight is 299 g/mol. The van der Waals surface area contributed by atoms with Crippen LogP contribution in [0.3, 0.4) is 0 Å². The van der Waals surface area contributed by atoms with Crippen molar-refractivity contribution in [1.82, 2.24) is 5.27 Å². The zero-order chi connectivity index (χ0) is 15.5. The fraction of sp³-hybridized carbons (Fsp3) is 0.308. The first kappa shape index (κ1) is 15.0. The molecule has 0 radical (unpaired) electrons. The Morgan fingerprint density at radius 3 is 2.67 bits per heavy atom. The van der Waals surface area contributed by atoms with Gasteiger partial charge in [0.2, 0.25) is 5.27 Å². The lowest BCUT2D eigenvalue weighted by Crippen LogP contribution is -2.40. The smallest absolute Gasteiger partial charge is 0.419 e. The molecule has 2 aromatic rings. The van der Waals surface area contributed by atoms with Crippen molar-refractivity contribution in [3.05, 3.63) is 42.1 Å². The van der Waals surface area contributed by atoms with Crippen LogP contribution < -0.4 is 9.79 Å². The summed E-state index contributed by atoms with van der Waals surface area (Å²) in [5.74, 6) is -2.70. The lowest BCUT2D eigenvalue weighted by molar-refractivity contribution is -0.782. The number of aromatic nitrogens is 2. The van der Waals surface area contributed by atoms with Crippen molar-refractivity contribution in [3.8, 4) is 0 Å². The predicted molar refractivity (Wildman–Crippen MR) is 64.7 cm³/mol. The van der Waals surface area contributed by atoms with Crippen LogP contribution in [0.15, 0.2) is 46.0 Å². The summed E-state index contributed by atoms with van der Waals surface area (Å²) in [6, 6.07) is 9.36. The number of halogens is 3. The standard InChI is InChI=1S/C13H12F3N3O2/c1-9(7-10-5-3-2-4-6-10)19-8-11(21-18-19)17-12(20)13(14,15)16/h2-6,8-9H,7H2,1H3. The van der Waals surface area contributed by atoms with Gasteiger partial charge >= 0.3 is 12.1 Å². The summed E-state index contributed by atoms with van der Waals surface area (Å²) in [4.78, 5) is 2.83. The van der Waals surface area contributed by atoms with Crippen molar-refractivity contribution in [2.24, 2.45) is 4.99 Å². The summed E-state index contributed by atoms with van der Waals surface area (Å²) in [7, 11) is 0. The van der Waals surface area contributed by atoms with Crippen LogP contribution in [0.25, 0.3) is 0 Å². The lowest BCUT2D eigenvalue weighted by atomic mass is 10.1. The van der Waals surface area contributed by atoms with Crippen LogP contribution in [-0.4, -0.2) is 17.3 Å². The van der Waals surface area contributed by atoms with E-state index in [0.29, 0.717) is 6.42 Å². The number of hydrogen-bond donors (Lipinski definition) is 0. The first-order valence-corrected chi connectivity index (χ1v) is 6.11. The molecule has 1 aromatic heterocycles. The molecule has 5 nitrogen and oxygen atoms in total. The molecule has 0 bridgehead atoms. The summed E-state index contributed by atoms with van der Waals surface area (Å²) < 4.78 is 42.2. The number of alkyl halides is 3. The van der Waals surface area contributed by atoms with Crippen molar-refractivity contribution >= 4 is 11.8 Å². The van der Waals surface area contributed by atoms with E-state index in [1.807, 2.05) is 37.3 Å². The minimum Gasteiger partial charge on any atom is -0.855 e. The van der Waals surface area contributed by atoms with Crippen LogP contribution in [0.2, 0.25) is 0 Å². The van der Waals surface area contributed by atoms with Gasteiger partial charge in [-0.15, -0.1) is 0 Å². The molecule has 0 fully saturated rings. The number of rotatable bonds is 4. The van der Waals surface area contributed by atoms with Crippen LogP contribution in [-0.2, 0) is 6.42 Å². The van der Waals surface area contributed by atoms with Gasteiger partial charge in [-0.1, -0.05) is 30.3 Å². The van der Waals surface area contributed by atoms with E-state index in [0.717, 1.165) is 11.8 Å². The molecule has 2 rings (SSSR count). The fourth-order valence-corrected chi connectivity index (χ4v) is 1.72. The van der Waals surface area contributed by atoms with E-state index in [1.54, 1.807) is 0 Å². The quantitative estimate of drug-likeness (QED) is 0.490. The monoisotopic (exact) mass is 299 g/mol. The topological polar surface area (TPSA) is 65.3 Å². The third-order valence-corrected chi connectivity index (χ3v) is 2.75. The normalized spacial score (nSPS) is 14.2. The molecule has 1 unspecified atom stereocenters. The van der Waals surface area contributed by atoms with E-state index in [1.165, 1.54) is 4.68 Å². The fourth-order valence-electron chi connectivity index (χ4n) is 1.72. The lowest BCUT2D eigenvalue weighted by Gasteiger charge is -2.11. The van der Waals surface area contributed by atoms with Crippen molar-refractivity contribution in [2.75, 3.05) is 0 Å². The Morgan fingerprint density at radius 1 is 1.38 bits per heavy atom. The molecule has 1 heterocycles. The maximum absolute atomic E-state index is 12.1. The predicted octanol–water partition coefficient (Wildman–Crippen LogP) is 1.72. The molecule has 0 N–H and O–H groups in total. The molecular formula is C13H12F3N3O2. The Labute approximate surface area is 118 Å². The summed E-state index contributed by atoms with van der Waals surface area (Å²) >= 11 is 0. The Hall–Kier alpha value is -2.38. The van der Waals surface area contributed by atoms with Gasteiger partial charge in [0.1, 0.15) is 0 Å². The molecule has 0 aliphatic heterocycles. The van der Waals surface area contributed by atoms with Gasteiger partial charge in [0, 0.05) is 13.3 Å². The zero-order valence-corrected chi connectivity index (χ0v) is 11.0. The third-order valence-electron chi connectivity index (χ3n) is 2.75. The number of nitrogens with zero attached hydrogens (tertiary/aromatic N) is 3. The number of aliphatic imine (C=N–C) groups is 1. The van der Waals surface area contributed by atoms with E-state index >= 15 is 0 Å². The van der Waals surface area contributed by atoms with Gasteiger partial charge in [-0.2, -0.15) is 13.2 Å². The summed E-state index contributed by atoms with van der Waals surface area (Å²) in [6.07, 6.45) is -3.24. The summed E-state index contributed by atoms with van der Waals surface area (Å²) in [6.45, 7) is 1.82. The third kappa shape index (κ3) is 4.04. The zero-order valence-electron chi connectivity index (χ0n) is 11.0. The van der Waals surface area contributed by atoms with Crippen molar-refractivity contribution in [1.29, 1.82) is 0 Å². The van der Waals surface area contributed by atoms with Crippen LogP contribution in [0.5, 0.6) is 0 Å². The highest BCUT2D eigenvalue weighted by Gasteiger charge is 2.29. The van der Waals surface area contributed by atoms with E-state index < -0.39 is 18.0 Å². The first-order chi connectivity index (χ1) is 9.86. The molecule has 1 atom stereocenters. The van der Waals surface area contributed by atoms with Gasteiger partial charge in [0.15, 0.2) is 6.04 Å². The van der Waals surface area contributed by atoms with Crippen LogP contribution >= 0.6 is 0 Å². The van der Waals surface area contributed by atoms with Crippen LogP contribution in [0, 0.1) is 0 Å². The molecule has 1 aromatic carbocycles. The minimum absolute atomic E-state index is 0.152. The largest absolute Gasteiger partial charge is 0.855 e. The van der Waals surface area contributed by atoms with Gasteiger partial charge in [0.05, 0.1) is 5.90 Å². The maximum atomic E-state index is 12.1. The molecule has 0 aliphatic rings. The second-order valence-corrected chi connectivity index (χ2v) is 4.47. The Morgan fingerprint density at radius 2 is 2.05 bits per heavy atom. The van der Waals surface area contributed by atoms with Crippen LogP contribution in [0.4, 0.5) is 19.1 Å². The highest BCUT2D eigenvalue weighted by molar-refractivity contribution is 5.79. The van der Waals surface area contributed by atoms with Crippen molar-refractivity contribution in [3.63, 3.8) is 0 Å². The Kier molecular flexibility index (Phi) is 4.25. The number of hydrogen-bond acceptors (Lipinski definition) is 4. The molecule has 0 amide bonds. The van der Waals surface area contributed by atoms with Gasteiger partial charge < -0.3 is 5.11 Å². The van der Waals surface area contributed by atoms with E-state index in [9.17, 15) is 18.3 Å². The molecule has 0 aliphatic carbocycles. The SMILES string of the molecule is CC(Cc1ccccc1)[n+]1cc(/N=C(\[O-])C(F)(F)F)on1. The summed E-state index contributed by atoms with van der Waals surface area (Å²) in [5.41, 5.74) is 1.05. The average Bonchev–Trinajstić information content (AvgIpc) is 2.87. The van der Waals surface area contributed by atoms with E-state index in [2.05, 4.69) is 14.8 Å². The minimum atomic E-state index is -5.02. The van der Waals surface area contributed by atoms with E-state index in [-0.39, 0.29) is 6.04 Å². The number of benzene rings is 1. The Bertz CT molecular complexity index is 623. The summed E-state index contributed by atoms with van der Waals surface area (Å²) in [5, 5.41) is 14.3. The molecular weight excluding hydrogens is 287 g/mol. The highest BCUT2D eigenvalue weighted by Crippen LogP contribution is 2.18. The first-order valence-electron chi connectivity index (χ1n) is 6.11. The molecule has 8 heteroatoms. The second kappa shape index (κ2) is 5.94. The molecule has 0 saturated carbocycles. The molecule has 21 heavy (non-hydrogen) atoms. The highest BCUT2D eigenvalue weighted by atomic mass is 19.4. The van der Waals surface area contributed by atoms with Crippen LogP contribution in [0.1, 0.15) is 18.5 Å². The van der Waals surface area contributed by atoms with E-state index in [4.69, 9.17) is 0 Å². The Balaban J connectivity index is 2.09. The van der Waals surface area contributed by atoms with Gasteiger partial charge in [0.25, 0.3) is 6.20 Å². The van der Waals surface area contributed by atoms with Crippen molar-refractivity contribution < 1.29 is 27.5 Å². The molecule has 0 spiro atoms. The molecule has 112 valence electrons. The van der Waals surface area contributed by atoms with Gasteiger partial charge in [-0.05, 0) is 10.2 Å². The van der Waals surface area contributed by atoms with Gasteiger partial charge in [-0.25, -0.2) is 4.99 Å². The maximum Gasteiger partial charge on any atom is 0.419 e. The second-order valence-electron chi connectivity index (χ2n) is 4.47. The van der Waals surface area contributed by atoms with Crippen molar-refractivity contribution in [2.45, 2.75) is 25.6 Å². The van der Waals surface area contributed by atoms with Gasteiger partial charge in [-0.3, -0.25) is 4.52 Å². The molecule has 0 saturated heterocycles.